The maximum atomic E-state index is 3.28. The highest BCUT2D eigenvalue weighted by Crippen LogP contribution is 2.34. The molecule has 3 rings (SSSR count). The summed E-state index contributed by atoms with van der Waals surface area (Å²) in [7, 11) is 0. The molecule has 0 fully saturated rings. The monoisotopic (exact) mass is 188 g/mol. The predicted molar refractivity (Wildman–Crippen MR) is 55.2 cm³/mol. The average molecular weight is 188 g/mol. The lowest BCUT2D eigenvalue weighted by atomic mass is 10.3. The molecular weight excluding hydrogens is 180 g/mol. The highest BCUT2D eigenvalue weighted by Gasteiger charge is 2.13. The summed E-state index contributed by atoms with van der Waals surface area (Å²) in [6, 6.07) is 12.5. The normalized spacial score (nSPS) is 12.9. The Balaban J connectivity index is 2.30. The van der Waals surface area contributed by atoms with Crippen molar-refractivity contribution >= 4 is 17.8 Å². The van der Waals surface area contributed by atoms with Gasteiger partial charge in [-0.15, -0.1) is 0 Å². The summed E-state index contributed by atoms with van der Waals surface area (Å²) >= 11 is 1.67. The van der Waals surface area contributed by atoms with Crippen molar-refractivity contribution in [1.29, 1.82) is 0 Å². The van der Waals surface area contributed by atoms with Crippen molar-refractivity contribution in [2.24, 2.45) is 0 Å². The number of para-hydroxylation sites is 1. The van der Waals surface area contributed by atoms with Gasteiger partial charge in [0.15, 0.2) is 0 Å². The van der Waals surface area contributed by atoms with Crippen molar-refractivity contribution in [2.75, 3.05) is 4.72 Å². The Kier molecular flexibility index (Phi) is 1.40. The van der Waals surface area contributed by atoms with E-state index >= 15 is 0 Å². The Morgan fingerprint density at radius 1 is 1.08 bits per heavy atom. The minimum Gasteiger partial charge on any atom is -0.311 e. The molecular formula is C10H8N2S. The second-order valence-corrected chi connectivity index (χ2v) is 3.78. The number of nitrogens with one attached hydrogen (secondary N) is 1. The molecule has 1 aromatic heterocycles. The van der Waals surface area contributed by atoms with Crippen LogP contribution in [-0.4, -0.2) is 4.57 Å². The number of hydrogen-bond donors (Lipinski definition) is 1. The number of benzene rings is 1. The average Bonchev–Trinajstić information content (AvgIpc) is 2.65. The van der Waals surface area contributed by atoms with E-state index in [1.807, 2.05) is 6.07 Å². The van der Waals surface area contributed by atoms with E-state index in [9.17, 15) is 0 Å². The summed E-state index contributed by atoms with van der Waals surface area (Å²) in [4.78, 5) is 1.27. The van der Waals surface area contributed by atoms with E-state index in [1.54, 1.807) is 11.9 Å². The molecule has 0 bridgehead atoms. The van der Waals surface area contributed by atoms with Crippen LogP contribution in [0.5, 0.6) is 0 Å². The Labute approximate surface area is 80.7 Å². The van der Waals surface area contributed by atoms with Crippen molar-refractivity contribution in [3.8, 4) is 5.69 Å². The molecule has 0 radical (unpaired) electrons. The number of aromatic nitrogens is 1. The fourth-order valence-electron chi connectivity index (χ4n) is 1.52. The number of hydrogen-bond acceptors (Lipinski definition) is 2. The standard InChI is InChI=1S/C10H8N2S/c1-2-5-9-8(4-1)12-7-3-6-10(12)11-13-9/h1-7,11H. The van der Waals surface area contributed by atoms with Gasteiger partial charge in [0.25, 0.3) is 0 Å². The van der Waals surface area contributed by atoms with Gasteiger partial charge in [-0.3, -0.25) is 0 Å². The molecule has 13 heavy (non-hydrogen) atoms. The van der Waals surface area contributed by atoms with E-state index in [0.29, 0.717) is 0 Å². The third-order valence-corrected chi connectivity index (χ3v) is 3.02. The quantitative estimate of drug-likeness (QED) is 0.640. The van der Waals surface area contributed by atoms with Crippen molar-refractivity contribution in [2.45, 2.75) is 4.90 Å². The van der Waals surface area contributed by atoms with E-state index in [-0.39, 0.29) is 0 Å². The first kappa shape index (κ1) is 7.09. The van der Waals surface area contributed by atoms with Crippen molar-refractivity contribution in [3.05, 3.63) is 42.6 Å². The van der Waals surface area contributed by atoms with E-state index in [2.05, 4.69) is 45.8 Å². The highest BCUT2D eigenvalue weighted by atomic mass is 32.2. The van der Waals surface area contributed by atoms with Crippen LogP contribution < -0.4 is 4.72 Å². The van der Waals surface area contributed by atoms with Gasteiger partial charge in [-0.1, -0.05) is 12.1 Å². The lowest BCUT2D eigenvalue weighted by Crippen LogP contribution is -2.05. The van der Waals surface area contributed by atoms with Crippen LogP contribution in [0.3, 0.4) is 0 Å². The fourth-order valence-corrected chi connectivity index (χ4v) is 2.32. The molecule has 1 N–H and O–H groups in total. The fraction of sp³-hybridized carbons (Fsp3) is 0. The van der Waals surface area contributed by atoms with Gasteiger partial charge in [0.1, 0.15) is 5.82 Å². The van der Waals surface area contributed by atoms with Crippen LogP contribution in [-0.2, 0) is 0 Å². The van der Waals surface area contributed by atoms with E-state index in [1.165, 1.54) is 10.6 Å². The summed E-state index contributed by atoms with van der Waals surface area (Å²) in [6.45, 7) is 0. The van der Waals surface area contributed by atoms with Gasteiger partial charge < -0.3 is 9.29 Å². The summed E-state index contributed by atoms with van der Waals surface area (Å²) in [5.41, 5.74) is 1.26. The van der Waals surface area contributed by atoms with Crippen LogP contribution in [0, 0.1) is 0 Å². The van der Waals surface area contributed by atoms with Gasteiger partial charge in [-0.05, 0) is 36.2 Å². The molecule has 0 unspecified atom stereocenters. The number of fused-ring (bicyclic) bond motifs is 3. The van der Waals surface area contributed by atoms with E-state index < -0.39 is 0 Å². The molecule has 0 amide bonds. The van der Waals surface area contributed by atoms with Crippen LogP contribution in [0.4, 0.5) is 5.82 Å². The lowest BCUT2D eigenvalue weighted by Gasteiger charge is -2.19. The third kappa shape index (κ3) is 0.971. The van der Waals surface area contributed by atoms with Gasteiger partial charge >= 0.3 is 0 Å². The minimum atomic E-state index is 1.14. The van der Waals surface area contributed by atoms with Crippen LogP contribution in [0.25, 0.3) is 5.69 Å². The van der Waals surface area contributed by atoms with Gasteiger partial charge in [-0.2, -0.15) is 0 Å². The lowest BCUT2D eigenvalue weighted by molar-refractivity contribution is 1.04. The second-order valence-electron chi connectivity index (χ2n) is 2.94. The van der Waals surface area contributed by atoms with Crippen molar-refractivity contribution in [1.82, 2.24) is 4.57 Å². The molecule has 0 aliphatic carbocycles. The summed E-state index contributed by atoms with van der Waals surface area (Å²) in [5.74, 6) is 1.14. The molecule has 2 nitrogen and oxygen atoms in total. The molecule has 2 aromatic rings. The molecule has 0 atom stereocenters. The Bertz CT molecular complexity index is 448. The van der Waals surface area contributed by atoms with Crippen LogP contribution >= 0.6 is 11.9 Å². The first-order valence-corrected chi connectivity index (χ1v) is 4.96. The first-order valence-electron chi connectivity index (χ1n) is 4.15. The molecule has 0 spiro atoms. The maximum absolute atomic E-state index is 3.28. The molecule has 64 valence electrons. The van der Waals surface area contributed by atoms with Crippen molar-refractivity contribution in [3.63, 3.8) is 0 Å². The molecule has 0 saturated carbocycles. The number of nitrogens with zero attached hydrogens (tertiary/aromatic N) is 1. The van der Waals surface area contributed by atoms with Crippen LogP contribution in [0.2, 0.25) is 0 Å². The zero-order valence-corrected chi connectivity index (χ0v) is 7.71. The van der Waals surface area contributed by atoms with E-state index in [0.717, 1.165) is 5.82 Å². The Hall–Kier alpha value is -1.35. The van der Waals surface area contributed by atoms with E-state index in [4.69, 9.17) is 0 Å². The SMILES string of the molecule is c1ccc2c(c1)SNc1cccn1-2. The largest absolute Gasteiger partial charge is 0.311 e. The summed E-state index contributed by atoms with van der Waals surface area (Å²) in [6.07, 6.45) is 2.07. The molecule has 1 aliphatic heterocycles. The number of rotatable bonds is 0. The Morgan fingerprint density at radius 2 is 2.00 bits per heavy atom. The predicted octanol–water partition coefficient (Wildman–Crippen LogP) is 2.91. The zero-order valence-electron chi connectivity index (χ0n) is 6.90. The minimum absolute atomic E-state index is 1.14. The molecule has 1 aliphatic rings. The van der Waals surface area contributed by atoms with Gasteiger partial charge in [0.05, 0.1) is 10.6 Å². The highest BCUT2D eigenvalue weighted by molar-refractivity contribution is 8.00. The topological polar surface area (TPSA) is 17.0 Å². The van der Waals surface area contributed by atoms with Crippen LogP contribution in [0.1, 0.15) is 0 Å². The number of anilines is 1. The zero-order chi connectivity index (χ0) is 8.67. The summed E-state index contributed by atoms with van der Waals surface area (Å²) in [5, 5.41) is 0. The smallest absolute Gasteiger partial charge is 0.120 e. The van der Waals surface area contributed by atoms with Gasteiger partial charge in [0, 0.05) is 6.20 Å². The van der Waals surface area contributed by atoms with Gasteiger partial charge in [0.2, 0.25) is 0 Å². The third-order valence-electron chi connectivity index (χ3n) is 2.14. The van der Waals surface area contributed by atoms with Crippen LogP contribution in [0.15, 0.2) is 47.5 Å². The molecule has 2 heterocycles. The Morgan fingerprint density at radius 3 is 3.00 bits per heavy atom. The molecule has 3 heteroatoms. The van der Waals surface area contributed by atoms with Crippen molar-refractivity contribution < 1.29 is 0 Å². The molecule has 0 saturated heterocycles. The molecule has 1 aromatic carbocycles. The van der Waals surface area contributed by atoms with Gasteiger partial charge in [-0.25, -0.2) is 0 Å². The summed E-state index contributed by atoms with van der Waals surface area (Å²) < 4.78 is 5.44. The second kappa shape index (κ2) is 2.57. The maximum Gasteiger partial charge on any atom is 0.120 e. The first-order chi connectivity index (χ1) is 6.45.